The molecule has 1 rings (SSSR count). The van der Waals surface area contributed by atoms with E-state index in [1.807, 2.05) is 0 Å². The molecule has 0 radical (unpaired) electrons. The largest absolute Gasteiger partial charge is 0.393 e. The molecular formula is C9H9BrF2O2. The van der Waals surface area contributed by atoms with Crippen molar-refractivity contribution in [2.24, 2.45) is 0 Å². The molecule has 0 aliphatic carbocycles. The van der Waals surface area contributed by atoms with Crippen molar-refractivity contribution in [1.29, 1.82) is 0 Å². The number of benzene rings is 1. The van der Waals surface area contributed by atoms with Crippen LogP contribution in [-0.4, -0.2) is 23.2 Å². The zero-order chi connectivity index (χ0) is 10.8. The molecular weight excluding hydrogens is 258 g/mol. The Labute approximate surface area is 88.3 Å². The highest BCUT2D eigenvalue weighted by Crippen LogP contribution is 2.28. The smallest absolute Gasteiger partial charge is 0.273 e. The minimum Gasteiger partial charge on any atom is -0.393 e. The van der Waals surface area contributed by atoms with Crippen LogP contribution in [0.3, 0.4) is 0 Å². The van der Waals surface area contributed by atoms with Gasteiger partial charge in [0.2, 0.25) is 0 Å². The highest BCUT2D eigenvalue weighted by atomic mass is 79.9. The Morgan fingerprint density at radius 2 is 1.79 bits per heavy atom. The second kappa shape index (κ2) is 4.33. The average Bonchev–Trinajstić information content (AvgIpc) is 2.17. The number of halogens is 3. The summed E-state index contributed by atoms with van der Waals surface area (Å²) in [5, 5.41) is 18.2. The van der Waals surface area contributed by atoms with E-state index in [1.54, 1.807) is 0 Å². The predicted octanol–water partition coefficient (Wildman–Crippen LogP) is 1.89. The Hall–Kier alpha value is -0.520. The van der Waals surface area contributed by atoms with E-state index in [9.17, 15) is 13.9 Å². The van der Waals surface area contributed by atoms with E-state index >= 15 is 0 Å². The van der Waals surface area contributed by atoms with Gasteiger partial charge in [0.25, 0.3) is 6.43 Å². The molecule has 0 aliphatic rings. The topological polar surface area (TPSA) is 40.5 Å². The van der Waals surface area contributed by atoms with Gasteiger partial charge >= 0.3 is 0 Å². The summed E-state index contributed by atoms with van der Waals surface area (Å²) in [6.07, 6.45) is -3.02. The standard InChI is InChI=1S/C9H9BrF2O2/c10-7-3-1-6(2-4-7)9(14,5-13)8(11)12/h1-4,8,13-14H,5H2/t9-/m0/s1. The molecule has 1 aromatic carbocycles. The number of alkyl halides is 2. The van der Waals surface area contributed by atoms with Gasteiger partial charge in [-0.3, -0.25) is 0 Å². The number of hydrogen-bond acceptors (Lipinski definition) is 2. The van der Waals surface area contributed by atoms with Crippen molar-refractivity contribution in [3.63, 3.8) is 0 Å². The third kappa shape index (κ3) is 2.10. The molecule has 1 aromatic rings. The van der Waals surface area contributed by atoms with Crippen LogP contribution in [-0.2, 0) is 5.60 Å². The van der Waals surface area contributed by atoms with Crippen LogP contribution in [0.15, 0.2) is 28.7 Å². The van der Waals surface area contributed by atoms with Crippen molar-refractivity contribution in [2.75, 3.05) is 6.61 Å². The van der Waals surface area contributed by atoms with Crippen LogP contribution in [0.2, 0.25) is 0 Å². The zero-order valence-corrected chi connectivity index (χ0v) is 8.71. The van der Waals surface area contributed by atoms with Gasteiger partial charge in [0.1, 0.15) is 0 Å². The maximum Gasteiger partial charge on any atom is 0.273 e. The molecule has 0 heterocycles. The van der Waals surface area contributed by atoms with Gasteiger partial charge < -0.3 is 10.2 Å². The van der Waals surface area contributed by atoms with Gasteiger partial charge in [-0.1, -0.05) is 28.1 Å². The molecule has 0 spiro atoms. The van der Waals surface area contributed by atoms with Gasteiger partial charge in [0, 0.05) is 4.47 Å². The second-order valence-electron chi connectivity index (χ2n) is 2.89. The molecule has 0 aliphatic heterocycles. The lowest BCUT2D eigenvalue weighted by molar-refractivity contribution is -0.129. The van der Waals surface area contributed by atoms with Crippen LogP contribution in [0.4, 0.5) is 8.78 Å². The third-order valence-electron chi connectivity index (χ3n) is 1.95. The molecule has 78 valence electrons. The second-order valence-corrected chi connectivity index (χ2v) is 3.81. The van der Waals surface area contributed by atoms with E-state index in [1.165, 1.54) is 24.3 Å². The number of aliphatic hydroxyl groups is 2. The summed E-state index contributed by atoms with van der Waals surface area (Å²) >= 11 is 3.14. The van der Waals surface area contributed by atoms with Crippen molar-refractivity contribution >= 4 is 15.9 Å². The molecule has 0 saturated carbocycles. The maximum absolute atomic E-state index is 12.4. The summed E-state index contributed by atoms with van der Waals surface area (Å²) in [5.74, 6) is 0. The Morgan fingerprint density at radius 3 is 2.14 bits per heavy atom. The lowest BCUT2D eigenvalue weighted by atomic mass is 9.95. The summed E-state index contributed by atoms with van der Waals surface area (Å²) in [6.45, 7) is -1.01. The molecule has 0 amide bonds. The highest BCUT2D eigenvalue weighted by Gasteiger charge is 2.38. The van der Waals surface area contributed by atoms with Crippen LogP contribution in [0.1, 0.15) is 5.56 Å². The fourth-order valence-corrected chi connectivity index (χ4v) is 1.29. The first-order valence-corrected chi connectivity index (χ1v) is 4.67. The van der Waals surface area contributed by atoms with E-state index in [0.29, 0.717) is 0 Å². The average molecular weight is 267 g/mol. The molecule has 0 unspecified atom stereocenters. The van der Waals surface area contributed by atoms with Crippen molar-refractivity contribution in [1.82, 2.24) is 0 Å². The summed E-state index contributed by atoms with van der Waals surface area (Å²) in [5.41, 5.74) is -2.47. The molecule has 0 bridgehead atoms. The van der Waals surface area contributed by atoms with Crippen LogP contribution in [0, 0.1) is 0 Å². The monoisotopic (exact) mass is 266 g/mol. The van der Waals surface area contributed by atoms with Gasteiger partial charge in [0.05, 0.1) is 6.61 Å². The van der Waals surface area contributed by atoms with Crippen LogP contribution in [0.25, 0.3) is 0 Å². The SMILES string of the molecule is OC[C@](O)(c1ccc(Br)cc1)C(F)F. The minimum atomic E-state index is -3.02. The summed E-state index contributed by atoms with van der Waals surface area (Å²) in [4.78, 5) is 0. The van der Waals surface area contributed by atoms with E-state index < -0.39 is 18.6 Å². The Balaban J connectivity index is 3.06. The molecule has 0 fully saturated rings. The summed E-state index contributed by atoms with van der Waals surface area (Å²) < 4.78 is 25.6. The Morgan fingerprint density at radius 1 is 1.29 bits per heavy atom. The van der Waals surface area contributed by atoms with Gasteiger partial charge in [-0.15, -0.1) is 0 Å². The van der Waals surface area contributed by atoms with Crippen molar-refractivity contribution in [2.45, 2.75) is 12.0 Å². The quantitative estimate of drug-likeness (QED) is 0.878. The van der Waals surface area contributed by atoms with E-state index in [2.05, 4.69) is 15.9 Å². The van der Waals surface area contributed by atoms with Gasteiger partial charge in [0.15, 0.2) is 5.60 Å². The lowest BCUT2D eigenvalue weighted by Crippen LogP contribution is -2.38. The van der Waals surface area contributed by atoms with Gasteiger partial charge in [-0.2, -0.15) is 0 Å². The molecule has 2 N–H and O–H groups in total. The number of rotatable bonds is 3. The number of aliphatic hydroxyl groups excluding tert-OH is 1. The highest BCUT2D eigenvalue weighted by molar-refractivity contribution is 9.10. The van der Waals surface area contributed by atoms with E-state index in [0.717, 1.165) is 4.47 Å². The Kier molecular flexibility index (Phi) is 3.58. The van der Waals surface area contributed by atoms with Crippen LogP contribution in [0.5, 0.6) is 0 Å². The lowest BCUT2D eigenvalue weighted by Gasteiger charge is -2.25. The van der Waals surface area contributed by atoms with E-state index in [4.69, 9.17) is 5.11 Å². The third-order valence-corrected chi connectivity index (χ3v) is 2.47. The first kappa shape index (κ1) is 11.6. The fourth-order valence-electron chi connectivity index (χ4n) is 1.02. The first-order valence-electron chi connectivity index (χ1n) is 3.88. The fraction of sp³-hybridized carbons (Fsp3) is 0.333. The normalized spacial score (nSPS) is 15.6. The van der Waals surface area contributed by atoms with Crippen molar-refractivity contribution in [3.8, 4) is 0 Å². The Bertz CT molecular complexity index is 302. The molecule has 0 aromatic heterocycles. The van der Waals surface area contributed by atoms with Crippen molar-refractivity contribution < 1.29 is 19.0 Å². The number of hydrogen-bond donors (Lipinski definition) is 2. The van der Waals surface area contributed by atoms with E-state index in [-0.39, 0.29) is 5.56 Å². The summed E-state index contributed by atoms with van der Waals surface area (Å²) in [6, 6.07) is 5.73. The minimum absolute atomic E-state index is 0.00167. The first-order chi connectivity index (χ1) is 6.50. The van der Waals surface area contributed by atoms with Crippen LogP contribution >= 0.6 is 15.9 Å². The van der Waals surface area contributed by atoms with Gasteiger partial charge in [-0.05, 0) is 17.7 Å². The molecule has 1 atom stereocenters. The molecule has 5 heteroatoms. The summed E-state index contributed by atoms with van der Waals surface area (Å²) in [7, 11) is 0. The maximum atomic E-state index is 12.4. The van der Waals surface area contributed by atoms with Gasteiger partial charge in [-0.25, -0.2) is 8.78 Å². The molecule has 2 nitrogen and oxygen atoms in total. The molecule has 0 saturated heterocycles. The molecule has 14 heavy (non-hydrogen) atoms. The van der Waals surface area contributed by atoms with Crippen LogP contribution < -0.4 is 0 Å². The predicted molar refractivity (Wildman–Crippen MR) is 51.1 cm³/mol. The van der Waals surface area contributed by atoms with Crippen molar-refractivity contribution in [3.05, 3.63) is 34.3 Å². The zero-order valence-electron chi connectivity index (χ0n) is 7.12.